The molecule has 1 aromatic heterocycles. The largest absolute Gasteiger partial charge is 0.481 e. The Kier molecular flexibility index (Phi) is 3.24. The molecule has 0 spiro atoms. The van der Waals surface area contributed by atoms with Crippen molar-refractivity contribution in [1.29, 1.82) is 0 Å². The molecule has 0 aromatic carbocycles. The van der Waals surface area contributed by atoms with E-state index in [0.717, 1.165) is 0 Å². The third kappa shape index (κ3) is 2.09. The Labute approximate surface area is 107 Å². The Balaban J connectivity index is 2.18. The van der Waals surface area contributed by atoms with Gasteiger partial charge in [0.2, 0.25) is 0 Å². The normalized spacial score (nSPS) is 24.0. The molecule has 2 rings (SSSR count). The number of likely N-dealkylation sites (tertiary alicyclic amines) is 1. The second-order valence-corrected chi connectivity index (χ2v) is 4.80. The monoisotopic (exact) mass is 301 g/mol. The summed E-state index contributed by atoms with van der Waals surface area (Å²) >= 11 is 3.15. The third-order valence-corrected chi connectivity index (χ3v) is 3.80. The quantitative estimate of drug-likeness (QED) is 0.907. The highest BCUT2D eigenvalue weighted by Gasteiger charge is 2.39. The number of furan rings is 1. The first-order valence-electron chi connectivity index (χ1n) is 5.29. The van der Waals surface area contributed by atoms with Crippen molar-refractivity contribution >= 4 is 27.8 Å². The fourth-order valence-electron chi connectivity index (χ4n) is 2.16. The minimum Gasteiger partial charge on any atom is -0.481 e. The van der Waals surface area contributed by atoms with Gasteiger partial charge in [-0.05, 0) is 35.3 Å². The lowest BCUT2D eigenvalue weighted by Gasteiger charge is -2.22. The number of carboxylic acid groups (broad SMARTS) is 1. The molecule has 6 heteroatoms. The summed E-state index contributed by atoms with van der Waals surface area (Å²) in [6.07, 6.45) is 1.92. The van der Waals surface area contributed by atoms with Gasteiger partial charge in [0.25, 0.3) is 5.91 Å². The van der Waals surface area contributed by atoms with Crippen molar-refractivity contribution in [2.24, 2.45) is 5.92 Å². The van der Waals surface area contributed by atoms with Gasteiger partial charge in [0.05, 0.1) is 17.7 Å². The zero-order valence-electron chi connectivity index (χ0n) is 9.22. The smallest absolute Gasteiger partial charge is 0.308 e. The van der Waals surface area contributed by atoms with Gasteiger partial charge in [-0.25, -0.2) is 0 Å². The second kappa shape index (κ2) is 4.52. The maximum atomic E-state index is 12.2. The van der Waals surface area contributed by atoms with Crippen molar-refractivity contribution in [2.75, 3.05) is 6.54 Å². The Morgan fingerprint density at radius 2 is 2.29 bits per heavy atom. The summed E-state index contributed by atoms with van der Waals surface area (Å²) in [5.41, 5.74) is 0.433. The standard InChI is InChI=1S/C11H12BrNO4/c1-6-7(11(15)16)2-4-13(6)10(14)8-3-5-17-9(8)12/h3,5-7H,2,4H2,1H3,(H,15,16). The fraction of sp³-hybridized carbons (Fsp3) is 0.455. The Bertz CT molecular complexity index is 456. The highest BCUT2D eigenvalue weighted by atomic mass is 79.9. The third-order valence-electron chi connectivity index (χ3n) is 3.18. The first-order valence-corrected chi connectivity index (χ1v) is 6.08. The average Bonchev–Trinajstić information content (AvgIpc) is 2.83. The second-order valence-electron chi connectivity index (χ2n) is 4.08. The van der Waals surface area contributed by atoms with E-state index in [9.17, 15) is 9.59 Å². The van der Waals surface area contributed by atoms with Gasteiger partial charge in [0, 0.05) is 12.6 Å². The van der Waals surface area contributed by atoms with E-state index in [2.05, 4.69) is 15.9 Å². The van der Waals surface area contributed by atoms with Crippen LogP contribution in [0.3, 0.4) is 0 Å². The van der Waals surface area contributed by atoms with E-state index in [0.29, 0.717) is 23.2 Å². The van der Waals surface area contributed by atoms with E-state index in [-0.39, 0.29) is 11.9 Å². The van der Waals surface area contributed by atoms with E-state index >= 15 is 0 Å². The molecule has 17 heavy (non-hydrogen) atoms. The molecule has 1 saturated heterocycles. The van der Waals surface area contributed by atoms with Crippen molar-refractivity contribution in [3.05, 3.63) is 22.6 Å². The maximum Gasteiger partial charge on any atom is 0.308 e. The van der Waals surface area contributed by atoms with Crippen molar-refractivity contribution in [1.82, 2.24) is 4.90 Å². The molecule has 0 saturated carbocycles. The molecule has 0 aliphatic carbocycles. The molecule has 1 aliphatic rings. The highest BCUT2D eigenvalue weighted by Crippen LogP contribution is 2.28. The van der Waals surface area contributed by atoms with Gasteiger partial charge >= 0.3 is 5.97 Å². The molecule has 2 heterocycles. The summed E-state index contributed by atoms with van der Waals surface area (Å²) in [5.74, 6) is -1.52. The highest BCUT2D eigenvalue weighted by molar-refractivity contribution is 9.10. The van der Waals surface area contributed by atoms with Crippen LogP contribution in [-0.2, 0) is 4.79 Å². The molecule has 1 N–H and O–H groups in total. The number of hydrogen-bond acceptors (Lipinski definition) is 3. The van der Waals surface area contributed by atoms with Crippen molar-refractivity contribution in [3.8, 4) is 0 Å². The first kappa shape index (κ1) is 12.2. The zero-order chi connectivity index (χ0) is 12.6. The van der Waals surface area contributed by atoms with Gasteiger partial charge < -0.3 is 14.4 Å². The van der Waals surface area contributed by atoms with Crippen LogP contribution in [0.1, 0.15) is 23.7 Å². The molecule has 5 nitrogen and oxygen atoms in total. The number of nitrogens with zero attached hydrogens (tertiary/aromatic N) is 1. The molecule has 1 aromatic rings. The van der Waals surface area contributed by atoms with Crippen LogP contribution >= 0.6 is 15.9 Å². The summed E-state index contributed by atoms with van der Waals surface area (Å²) in [4.78, 5) is 24.7. The summed E-state index contributed by atoms with van der Waals surface area (Å²) in [5, 5.41) is 9.00. The van der Waals surface area contributed by atoms with Crippen LogP contribution in [0.4, 0.5) is 0 Å². The number of halogens is 1. The number of aliphatic carboxylic acids is 1. The first-order chi connectivity index (χ1) is 8.02. The zero-order valence-corrected chi connectivity index (χ0v) is 10.8. The molecular formula is C11H12BrNO4. The number of carbonyl (C=O) groups excluding carboxylic acids is 1. The lowest BCUT2D eigenvalue weighted by Crippen LogP contribution is -2.37. The summed E-state index contributed by atoms with van der Waals surface area (Å²) in [7, 11) is 0. The number of amides is 1. The van der Waals surface area contributed by atoms with Gasteiger partial charge in [-0.3, -0.25) is 9.59 Å². The van der Waals surface area contributed by atoms with Crippen LogP contribution in [0.2, 0.25) is 0 Å². The number of carbonyl (C=O) groups is 2. The van der Waals surface area contributed by atoms with Crippen molar-refractivity contribution in [2.45, 2.75) is 19.4 Å². The fourth-order valence-corrected chi connectivity index (χ4v) is 2.57. The summed E-state index contributed by atoms with van der Waals surface area (Å²) < 4.78 is 5.39. The van der Waals surface area contributed by atoms with Gasteiger partial charge in [-0.1, -0.05) is 0 Å². The minimum absolute atomic E-state index is 0.193. The van der Waals surface area contributed by atoms with Gasteiger partial charge in [-0.2, -0.15) is 0 Å². The van der Waals surface area contributed by atoms with Gasteiger partial charge in [-0.15, -0.1) is 0 Å². The lowest BCUT2D eigenvalue weighted by molar-refractivity contribution is -0.142. The lowest BCUT2D eigenvalue weighted by atomic mass is 10.0. The Hall–Kier alpha value is -1.30. The molecule has 0 radical (unpaired) electrons. The summed E-state index contributed by atoms with van der Waals surface area (Å²) in [6.45, 7) is 2.23. The molecule has 1 amide bonds. The number of hydrogen-bond donors (Lipinski definition) is 1. The molecular weight excluding hydrogens is 290 g/mol. The van der Waals surface area contributed by atoms with Crippen LogP contribution in [0.5, 0.6) is 0 Å². The molecule has 1 fully saturated rings. The van der Waals surface area contributed by atoms with E-state index in [1.54, 1.807) is 17.9 Å². The number of rotatable bonds is 2. The van der Waals surface area contributed by atoms with Crippen LogP contribution < -0.4 is 0 Å². The maximum absolute atomic E-state index is 12.2. The van der Waals surface area contributed by atoms with Gasteiger partial charge in [0.15, 0.2) is 4.67 Å². The molecule has 92 valence electrons. The molecule has 2 unspecified atom stereocenters. The Morgan fingerprint density at radius 3 is 2.76 bits per heavy atom. The molecule has 2 atom stereocenters. The predicted octanol–water partition coefficient (Wildman–Crippen LogP) is 1.98. The summed E-state index contributed by atoms with van der Waals surface area (Å²) in [6, 6.07) is 1.29. The molecule has 1 aliphatic heterocycles. The van der Waals surface area contributed by atoms with E-state index in [1.807, 2.05) is 0 Å². The van der Waals surface area contributed by atoms with E-state index in [4.69, 9.17) is 9.52 Å². The van der Waals surface area contributed by atoms with E-state index < -0.39 is 11.9 Å². The average molecular weight is 302 g/mol. The van der Waals surface area contributed by atoms with Crippen LogP contribution in [0.25, 0.3) is 0 Å². The van der Waals surface area contributed by atoms with Crippen LogP contribution in [0.15, 0.2) is 21.4 Å². The van der Waals surface area contributed by atoms with Crippen LogP contribution in [0, 0.1) is 5.92 Å². The predicted molar refractivity (Wildman–Crippen MR) is 62.6 cm³/mol. The topological polar surface area (TPSA) is 70.8 Å². The SMILES string of the molecule is CC1C(C(=O)O)CCN1C(=O)c1ccoc1Br. The van der Waals surface area contributed by atoms with Crippen molar-refractivity contribution < 1.29 is 19.1 Å². The van der Waals surface area contributed by atoms with Crippen LogP contribution in [-0.4, -0.2) is 34.5 Å². The van der Waals surface area contributed by atoms with E-state index in [1.165, 1.54) is 6.26 Å². The van der Waals surface area contributed by atoms with Gasteiger partial charge in [0.1, 0.15) is 0 Å². The number of carboxylic acids is 1. The Morgan fingerprint density at radius 1 is 1.59 bits per heavy atom. The molecule has 0 bridgehead atoms. The van der Waals surface area contributed by atoms with Crippen molar-refractivity contribution in [3.63, 3.8) is 0 Å². The minimum atomic E-state index is -0.848.